The molecule has 1 fully saturated rings. The Balaban J connectivity index is 2.73. The Labute approximate surface area is 75.1 Å². The standard InChI is InChI=1S/C7H11N3O3/c1-3-5(11)7(12)13-6(3)4(2)9-10-8/h3-6,11H,1-2H3/t3-,4-,5+,6-/m0/s1. The second kappa shape index (κ2) is 3.64. The SMILES string of the molecule is C[C@@H]1[C@@H]([C@H](C)N=[N+]=[N-])OC(=O)[C@@H]1O. The van der Waals surface area contributed by atoms with E-state index >= 15 is 0 Å². The predicted molar refractivity (Wildman–Crippen MR) is 43.7 cm³/mol. The molecule has 1 aliphatic heterocycles. The van der Waals surface area contributed by atoms with E-state index in [1.807, 2.05) is 0 Å². The van der Waals surface area contributed by atoms with Gasteiger partial charge in [-0.15, -0.1) is 0 Å². The second-order valence-corrected chi connectivity index (χ2v) is 3.15. The summed E-state index contributed by atoms with van der Waals surface area (Å²) in [7, 11) is 0. The third-order valence-electron chi connectivity index (χ3n) is 2.22. The minimum absolute atomic E-state index is 0.326. The molecule has 0 spiro atoms. The van der Waals surface area contributed by atoms with E-state index in [0.717, 1.165) is 0 Å². The van der Waals surface area contributed by atoms with Crippen LogP contribution < -0.4 is 0 Å². The van der Waals surface area contributed by atoms with E-state index in [-0.39, 0.29) is 5.92 Å². The summed E-state index contributed by atoms with van der Waals surface area (Å²) >= 11 is 0. The van der Waals surface area contributed by atoms with E-state index in [1.54, 1.807) is 13.8 Å². The van der Waals surface area contributed by atoms with Gasteiger partial charge < -0.3 is 9.84 Å². The highest BCUT2D eigenvalue weighted by Gasteiger charge is 2.42. The Morgan fingerprint density at radius 2 is 2.38 bits per heavy atom. The molecule has 13 heavy (non-hydrogen) atoms. The van der Waals surface area contributed by atoms with Crippen LogP contribution in [0.3, 0.4) is 0 Å². The first-order valence-corrected chi connectivity index (χ1v) is 4.00. The summed E-state index contributed by atoms with van der Waals surface area (Å²) in [6.45, 7) is 3.33. The van der Waals surface area contributed by atoms with Gasteiger partial charge in [-0.25, -0.2) is 4.79 Å². The summed E-state index contributed by atoms with van der Waals surface area (Å²) in [6, 6.07) is -0.443. The Kier molecular flexibility index (Phi) is 2.75. The number of hydrogen-bond donors (Lipinski definition) is 1. The number of esters is 1. The van der Waals surface area contributed by atoms with Crippen molar-refractivity contribution in [3.8, 4) is 0 Å². The van der Waals surface area contributed by atoms with E-state index < -0.39 is 24.2 Å². The molecule has 1 saturated heterocycles. The fourth-order valence-corrected chi connectivity index (χ4v) is 1.39. The number of carbonyl (C=O) groups is 1. The molecule has 0 unspecified atom stereocenters. The maximum atomic E-state index is 10.9. The summed E-state index contributed by atoms with van der Waals surface area (Å²) < 4.78 is 4.85. The van der Waals surface area contributed by atoms with Crippen LogP contribution in [0.5, 0.6) is 0 Å². The summed E-state index contributed by atoms with van der Waals surface area (Å²) in [5, 5.41) is 12.7. The number of carbonyl (C=O) groups excluding carboxylic acids is 1. The molecule has 0 bridgehead atoms. The van der Waals surface area contributed by atoms with Gasteiger partial charge in [0.25, 0.3) is 0 Å². The van der Waals surface area contributed by atoms with Crippen LogP contribution in [0.25, 0.3) is 10.4 Å². The quantitative estimate of drug-likeness (QED) is 0.295. The van der Waals surface area contributed by atoms with Crippen LogP contribution in [-0.2, 0) is 9.53 Å². The molecule has 4 atom stereocenters. The largest absolute Gasteiger partial charge is 0.460 e. The Morgan fingerprint density at radius 3 is 2.77 bits per heavy atom. The van der Waals surface area contributed by atoms with Crippen molar-refractivity contribution in [2.45, 2.75) is 32.1 Å². The van der Waals surface area contributed by atoms with Crippen LogP contribution in [0, 0.1) is 5.92 Å². The summed E-state index contributed by atoms with van der Waals surface area (Å²) in [5.41, 5.74) is 8.17. The Hall–Kier alpha value is -1.26. The Morgan fingerprint density at radius 1 is 1.77 bits per heavy atom. The molecule has 72 valence electrons. The van der Waals surface area contributed by atoms with Crippen molar-refractivity contribution in [1.29, 1.82) is 0 Å². The number of hydrogen-bond acceptors (Lipinski definition) is 4. The molecule has 0 aromatic rings. The lowest BCUT2D eigenvalue weighted by molar-refractivity contribution is -0.147. The highest BCUT2D eigenvalue weighted by molar-refractivity contribution is 5.77. The summed E-state index contributed by atoms with van der Waals surface area (Å²) in [5.74, 6) is -0.967. The van der Waals surface area contributed by atoms with Crippen LogP contribution in [0.15, 0.2) is 5.11 Å². The van der Waals surface area contributed by atoms with Crippen LogP contribution in [0.1, 0.15) is 13.8 Å². The van der Waals surface area contributed by atoms with Gasteiger partial charge in [-0.1, -0.05) is 19.0 Å². The molecule has 1 rings (SSSR count). The number of ether oxygens (including phenoxy) is 1. The van der Waals surface area contributed by atoms with Crippen molar-refractivity contribution in [3.05, 3.63) is 10.4 Å². The molecule has 1 heterocycles. The van der Waals surface area contributed by atoms with Crippen LogP contribution in [0.2, 0.25) is 0 Å². The lowest BCUT2D eigenvalue weighted by Crippen LogP contribution is -2.28. The van der Waals surface area contributed by atoms with E-state index in [9.17, 15) is 9.90 Å². The molecule has 0 aliphatic carbocycles. The van der Waals surface area contributed by atoms with Crippen molar-refractivity contribution < 1.29 is 14.6 Å². The number of cyclic esters (lactones) is 1. The zero-order valence-electron chi connectivity index (χ0n) is 7.41. The Bertz CT molecular complexity index is 262. The molecule has 0 saturated carbocycles. The van der Waals surface area contributed by atoms with Gasteiger partial charge in [-0.3, -0.25) is 0 Å². The summed E-state index contributed by atoms with van der Waals surface area (Å²) in [6.07, 6.45) is -1.61. The van der Waals surface area contributed by atoms with Crippen LogP contribution >= 0.6 is 0 Å². The number of aliphatic hydroxyl groups is 1. The number of aliphatic hydroxyl groups excluding tert-OH is 1. The predicted octanol–water partition coefficient (Wildman–Crippen LogP) is 0.608. The third kappa shape index (κ3) is 1.74. The van der Waals surface area contributed by atoms with Gasteiger partial charge in [0.1, 0.15) is 6.10 Å². The zero-order valence-corrected chi connectivity index (χ0v) is 7.41. The molecule has 0 radical (unpaired) electrons. The van der Waals surface area contributed by atoms with Gasteiger partial charge >= 0.3 is 5.97 Å². The van der Waals surface area contributed by atoms with Crippen LogP contribution in [-0.4, -0.2) is 29.3 Å². The highest BCUT2D eigenvalue weighted by Crippen LogP contribution is 2.25. The van der Waals surface area contributed by atoms with Gasteiger partial charge in [-0.2, -0.15) is 0 Å². The van der Waals surface area contributed by atoms with E-state index in [4.69, 9.17) is 10.3 Å². The maximum absolute atomic E-state index is 10.9. The first-order valence-electron chi connectivity index (χ1n) is 4.00. The lowest BCUT2D eigenvalue weighted by atomic mass is 9.97. The van der Waals surface area contributed by atoms with Crippen molar-refractivity contribution in [1.82, 2.24) is 0 Å². The van der Waals surface area contributed by atoms with Gasteiger partial charge in [0.05, 0.1) is 6.04 Å². The lowest BCUT2D eigenvalue weighted by Gasteiger charge is -2.17. The van der Waals surface area contributed by atoms with Crippen molar-refractivity contribution >= 4 is 5.97 Å². The highest BCUT2D eigenvalue weighted by atomic mass is 16.6. The smallest absolute Gasteiger partial charge is 0.335 e. The van der Waals surface area contributed by atoms with Gasteiger partial charge in [0.15, 0.2) is 6.10 Å². The van der Waals surface area contributed by atoms with Crippen molar-refractivity contribution in [2.75, 3.05) is 0 Å². The van der Waals surface area contributed by atoms with E-state index in [1.165, 1.54) is 0 Å². The molecule has 0 amide bonds. The third-order valence-corrected chi connectivity index (χ3v) is 2.22. The molecule has 6 heteroatoms. The number of azide groups is 1. The molecule has 0 aromatic heterocycles. The minimum Gasteiger partial charge on any atom is -0.460 e. The molecule has 6 nitrogen and oxygen atoms in total. The molecular formula is C7H11N3O3. The zero-order chi connectivity index (χ0) is 10.0. The monoisotopic (exact) mass is 185 g/mol. The van der Waals surface area contributed by atoms with Gasteiger partial charge in [0.2, 0.25) is 0 Å². The molecule has 0 aromatic carbocycles. The topological polar surface area (TPSA) is 95.3 Å². The maximum Gasteiger partial charge on any atom is 0.335 e. The van der Waals surface area contributed by atoms with Crippen molar-refractivity contribution in [2.24, 2.45) is 11.0 Å². The fourth-order valence-electron chi connectivity index (χ4n) is 1.39. The average Bonchev–Trinajstić information content (AvgIpc) is 2.33. The summed E-state index contributed by atoms with van der Waals surface area (Å²) in [4.78, 5) is 13.5. The normalized spacial score (nSPS) is 35.0. The fraction of sp³-hybridized carbons (Fsp3) is 0.857. The van der Waals surface area contributed by atoms with E-state index in [0.29, 0.717) is 0 Å². The van der Waals surface area contributed by atoms with Gasteiger partial charge in [0, 0.05) is 10.8 Å². The molecule has 1 aliphatic rings. The minimum atomic E-state index is -1.10. The number of rotatable bonds is 2. The average molecular weight is 185 g/mol. The molecular weight excluding hydrogens is 174 g/mol. The van der Waals surface area contributed by atoms with Crippen molar-refractivity contribution in [3.63, 3.8) is 0 Å². The van der Waals surface area contributed by atoms with Crippen LogP contribution in [0.4, 0.5) is 0 Å². The first kappa shape index (κ1) is 9.83. The first-order chi connectivity index (χ1) is 6.07. The van der Waals surface area contributed by atoms with E-state index in [2.05, 4.69) is 10.0 Å². The molecule has 1 N–H and O–H groups in total. The second-order valence-electron chi connectivity index (χ2n) is 3.15. The van der Waals surface area contributed by atoms with Gasteiger partial charge in [-0.05, 0) is 5.53 Å². The number of nitrogens with zero attached hydrogens (tertiary/aromatic N) is 3.